The van der Waals surface area contributed by atoms with Gasteiger partial charge >= 0.3 is 5.97 Å². The number of aromatic carboxylic acids is 1. The highest BCUT2D eigenvalue weighted by Crippen LogP contribution is 2.17. The lowest BCUT2D eigenvalue weighted by molar-refractivity contribution is -0.111. The number of amides is 1. The van der Waals surface area contributed by atoms with E-state index < -0.39 is 11.9 Å². The lowest BCUT2D eigenvalue weighted by atomic mass is 10.1. The highest BCUT2D eigenvalue weighted by Gasteiger charge is 2.12. The Morgan fingerprint density at radius 2 is 2.04 bits per heavy atom. The zero-order valence-electron chi connectivity index (χ0n) is 14.5. The van der Waals surface area contributed by atoms with Crippen LogP contribution in [0.25, 0.3) is 0 Å². The van der Waals surface area contributed by atoms with Crippen molar-refractivity contribution in [3.8, 4) is 18.4 Å². The van der Waals surface area contributed by atoms with Gasteiger partial charge in [-0.1, -0.05) is 24.1 Å². The second-order valence-corrected chi connectivity index (χ2v) is 5.12. The number of nitrogens with zero attached hydrogens (tertiary/aromatic N) is 1. The Morgan fingerprint density at radius 1 is 1.31 bits per heavy atom. The van der Waals surface area contributed by atoms with Gasteiger partial charge in [0.25, 0.3) is 0 Å². The lowest BCUT2D eigenvalue weighted by Crippen LogP contribution is -2.12. The Morgan fingerprint density at radius 3 is 2.62 bits per heavy atom. The van der Waals surface area contributed by atoms with Crippen molar-refractivity contribution in [3.63, 3.8) is 0 Å². The van der Waals surface area contributed by atoms with Crippen LogP contribution in [0.3, 0.4) is 0 Å². The van der Waals surface area contributed by atoms with E-state index in [0.717, 1.165) is 11.1 Å². The summed E-state index contributed by atoms with van der Waals surface area (Å²) in [4.78, 5) is 23.2. The van der Waals surface area contributed by atoms with Crippen LogP contribution in [0.2, 0.25) is 0 Å². The topological polar surface area (TPSA) is 90.2 Å². The molecule has 5 nitrogen and oxygen atoms in total. The van der Waals surface area contributed by atoms with Crippen molar-refractivity contribution in [2.75, 3.05) is 5.32 Å². The molecule has 5 heteroatoms. The third-order valence-corrected chi connectivity index (χ3v) is 3.36. The molecule has 0 saturated heterocycles. The molecular weight excluding hydrogens is 328 g/mol. The molecule has 0 aliphatic heterocycles. The van der Waals surface area contributed by atoms with E-state index >= 15 is 0 Å². The van der Waals surface area contributed by atoms with Gasteiger partial charge in [0, 0.05) is 6.08 Å². The van der Waals surface area contributed by atoms with Crippen molar-refractivity contribution in [1.29, 1.82) is 5.26 Å². The number of hydrogen-bond acceptors (Lipinski definition) is 3. The van der Waals surface area contributed by atoms with Crippen molar-refractivity contribution >= 4 is 17.6 Å². The van der Waals surface area contributed by atoms with Crippen molar-refractivity contribution in [3.05, 3.63) is 76.9 Å². The van der Waals surface area contributed by atoms with Gasteiger partial charge in [0.05, 0.1) is 22.9 Å². The molecule has 0 unspecified atom stereocenters. The summed E-state index contributed by atoms with van der Waals surface area (Å²) < 4.78 is 0. The highest BCUT2D eigenvalue weighted by molar-refractivity contribution is 6.04. The third-order valence-electron chi connectivity index (χ3n) is 3.36. The summed E-state index contributed by atoms with van der Waals surface area (Å²) in [6, 6.07) is 5.89. The van der Waals surface area contributed by atoms with E-state index in [2.05, 4.69) is 11.2 Å². The molecule has 0 saturated carbocycles. The first kappa shape index (κ1) is 20.2. The molecule has 0 spiro atoms. The summed E-state index contributed by atoms with van der Waals surface area (Å²) in [6.45, 7) is 3.75. The van der Waals surface area contributed by atoms with E-state index in [1.165, 1.54) is 24.3 Å². The molecule has 0 aromatic heterocycles. The minimum atomic E-state index is -1.23. The molecule has 0 atom stereocenters. The van der Waals surface area contributed by atoms with E-state index in [-0.39, 0.29) is 16.8 Å². The molecule has 1 aromatic rings. The summed E-state index contributed by atoms with van der Waals surface area (Å²) in [5.41, 5.74) is 2.01. The second-order valence-electron chi connectivity index (χ2n) is 5.12. The van der Waals surface area contributed by atoms with Gasteiger partial charge in [-0.25, -0.2) is 4.79 Å². The zero-order valence-corrected chi connectivity index (χ0v) is 14.5. The standard InChI is InChI=1S/C21H18N2O3/c1-4-6-9-17(5-2)15(3)8-7-10-20(24)23-19-12-11-16(14-22)13-18(19)21(25)26/h1,5-13H,2-3H3,(H,23,24)(H,25,26)/b9-6-,10-7+,15-8-,17-5-. The number of carboxylic acid groups (broad SMARTS) is 1. The van der Waals surface area contributed by atoms with Gasteiger partial charge in [-0.3, -0.25) is 4.79 Å². The minimum absolute atomic E-state index is 0.123. The molecule has 0 radical (unpaired) electrons. The first-order chi connectivity index (χ1) is 12.4. The van der Waals surface area contributed by atoms with Crippen molar-refractivity contribution < 1.29 is 14.7 Å². The van der Waals surface area contributed by atoms with E-state index in [9.17, 15) is 14.7 Å². The summed E-state index contributed by atoms with van der Waals surface area (Å²) in [7, 11) is 0. The minimum Gasteiger partial charge on any atom is -0.478 e. The van der Waals surface area contributed by atoms with Crippen LogP contribution in [-0.2, 0) is 4.79 Å². The van der Waals surface area contributed by atoms with Crippen LogP contribution in [-0.4, -0.2) is 17.0 Å². The molecule has 0 heterocycles. The van der Waals surface area contributed by atoms with Gasteiger partial charge in [0.2, 0.25) is 5.91 Å². The normalized spacial score (nSPS) is 12.0. The molecule has 1 amide bonds. The van der Waals surface area contributed by atoms with Gasteiger partial charge < -0.3 is 10.4 Å². The lowest BCUT2D eigenvalue weighted by Gasteiger charge is -2.06. The van der Waals surface area contributed by atoms with Gasteiger partial charge in [-0.15, -0.1) is 6.42 Å². The molecule has 0 aliphatic carbocycles. The molecule has 0 aliphatic rings. The Balaban J connectivity index is 2.91. The van der Waals surface area contributed by atoms with Crippen LogP contribution in [0.15, 0.2) is 65.8 Å². The molecule has 1 aromatic carbocycles. The number of nitriles is 1. The molecular formula is C21H18N2O3. The smallest absolute Gasteiger partial charge is 0.337 e. The Bertz CT molecular complexity index is 904. The molecule has 2 N–H and O–H groups in total. The van der Waals surface area contributed by atoms with Gasteiger partial charge in [0.1, 0.15) is 0 Å². The Kier molecular flexibility index (Phi) is 7.87. The molecule has 26 heavy (non-hydrogen) atoms. The van der Waals surface area contributed by atoms with Crippen molar-refractivity contribution in [1.82, 2.24) is 0 Å². The van der Waals surface area contributed by atoms with Crippen LogP contribution in [0, 0.1) is 23.7 Å². The number of hydrogen-bond donors (Lipinski definition) is 2. The van der Waals surface area contributed by atoms with Crippen molar-refractivity contribution in [2.45, 2.75) is 13.8 Å². The molecule has 130 valence electrons. The first-order valence-electron chi connectivity index (χ1n) is 7.65. The van der Waals surface area contributed by atoms with Gasteiger partial charge in [-0.05, 0) is 55.3 Å². The van der Waals surface area contributed by atoms with Gasteiger partial charge in [-0.2, -0.15) is 5.26 Å². The fraction of sp³-hybridized carbons (Fsp3) is 0.0952. The number of nitrogens with one attached hydrogen (secondary N) is 1. The summed E-state index contributed by atoms with van der Waals surface area (Å²) in [6.07, 6.45) is 15.0. The summed E-state index contributed by atoms with van der Waals surface area (Å²) >= 11 is 0. The number of terminal acetylenes is 1. The highest BCUT2D eigenvalue weighted by atomic mass is 16.4. The van der Waals surface area contributed by atoms with Crippen LogP contribution < -0.4 is 5.32 Å². The predicted molar refractivity (Wildman–Crippen MR) is 101 cm³/mol. The van der Waals surface area contributed by atoms with E-state index in [0.29, 0.717) is 0 Å². The number of carbonyl (C=O) groups is 2. The summed E-state index contributed by atoms with van der Waals surface area (Å²) in [5, 5.41) is 20.5. The average molecular weight is 346 g/mol. The fourth-order valence-electron chi connectivity index (χ4n) is 2.04. The maximum absolute atomic E-state index is 12.0. The number of rotatable bonds is 6. The first-order valence-corrected chi connectivity index (χ1v) is 7.65. The van der Waals surface area contributed by atoms with E-state index in [4.69, 9.17) is 11.7 Å². The molecule has 0 fully saturated rings. The monoisotopic (exact) mass is 346 g/mol. The van der Waals surface area contributed by atoms with Crippen molar-refractivity contribution in [2.24, 2.45) is 0 Å². The third kappa shape index (κ3) is 5.99. The quantitative estimate of drug-likeness (QED) is 0.465. The SMILES string of the molecule is C#C\C=C/C(=C/C)C(/C)=C\C=C\C(=O)Nc1ccc(C#N)cc1C(=O)O. The Hall–Kier alpha value is -3.83. The summed E-state index contributed by atoms with van der Waals surface area (Å²) in [5.74, 6) is 0.702. The number of anilines is 1. The fourth-order valence-corrected chi connectivity index (χ4v) is 2.04. The largest absolute Gasteiger partial charge is 0.478 e. The Labute approximate surface area is 152 Å². The zero-order chi connectivity index (χ0) is 19.5. The maximum atomic E-state index is 12.0. The number of benzene rings is 1. The molecule has 1 rings (SSSR count). The van der Waals surface area contributed by atoms with E-state index in [1.807, 2.05) is 26.0 Å². The molecule has 0 bridgehead atoms. The maximum Gasteiger partial charge on any atom is 0.337 e. The second kappa shape index (κ2) is 10.1. The predicted octanol–water partition coefficient (Wildman–Crippen LogP) is 3.83. The number of allylic oxidation sites excluding steroid dienone is 7. The van der Waals surface area contributed by atoms with Gasteiger partial charge in [0.15, 0.2) is 0 Å². The van der Waals surface area contributed by atoms with Crippen LogP contribution in [0.4, 0.5) is 5.69 Å². The van der Waals surface area contributed by atoms with E-state index in [1.54, 1.807) is 24.3 Å². The number of carboxylic acids is 1. The van der Waals surface area contributed by atoms with Crippen LogP contribution in [0.5, 0.6) is 0 Å². The number of carbonyl (C=O) groups excluding carboxylic acids is 1. The average Bonchev–Trinajstić information content (AvgIpc) is 2.62. The van der Waals surface area contributed by atoms with Crippen LogP contribution >= 0.6 is 0 Å². The van der Waals surface area contributed by atoms with Crippen LogP contribution in [0.1, 0.15) is 29.8 Å².